The Balaban J connectivity index is 3.66. The molecule has 0 spiro atoms. The number of hydrogen-bond acceptors (Lipinski definition) is 2. The number of hydrogen-bond donors (Lipinski definition) is 0. The first kappa shape index (κ1) is 11.5. The van der Waals surface area contributed by atoms with Crippen molar-refractivity contribution in [3.63, 3.8) is 0 Å². The van der Waals surface area contributed by atoms with Crippen molar-refractivity contribution >= 4 is 12.0 Å². The fraction of sp³-hybridized carbons (Fsp3) is 0.222. The van der Waals surface area contributed by atoms with Gasteiger partial charge in [0.1, 0.15) is 5.69 Å². The van der Waals surface area contributed by atoms with E-state index in [1.807, 2.05) is 0 Å². The van der Waals surface area contributed by atoms with Gasteiger partial charge in [-0.2, -0.15) is 0 Å². The van der Waals surface area contributed by atoms with Crippen LogP contribution in [0.4, 0.5) is 23.2 Å². The number of rotatable bonds is 2. The lowest BCUT2D eigenvalue weighted by Crippen LogP contribution is -2.16. The molecule has 0 amide bonds. The largest absolute Gasteiger partial charge is 0.373 e. The van der Waals surface area contributed by atoms with Gasteiger partial charge in [-0.05, 0) is 0 Å². The van der Waals surface area contributed by atoms with Crippen molar-refractivity contribution in [2.24, 2.45) is 0 Å². The van der Waals surface area contributed by atoms with E-state index in [1.165, 1.54) is 14.1 Å². The van der Waals surface area contributed by atoms with Crippen molar-refractivity contribution in [3.05, 3.63) is 28.8 Å². The molecule has 0 aliphatic rings. The van der Waals surface area contributed by atoms with Crippen LogP contribution in [-0.4, -0.2) is 20.4 Å². The number of carbonyl (C=O) groups is 1. The molecule has 2 nitrogen and oxygen atoms in total. The van der Waals surface area contributed by atoms with E-state index in [0.717, 1.165) is 4.90 Å². The molecule has 0 unspecified atom stereocenters. The van der Waals surface area contributed by atoms with Crippen LogP contribution < -0.4 is 4.90 Å². The maximum absolute atomic E-state index is 13.2. The Kier molecular flexibility index (Phi) is 2.97. The Bertz CT molecular complexity index is 388. The number of carbonyl (C=O) groups excluding carboxylic acids is 1. The Morgan fingerprint density at radius 2 is 1.33 bits per heavy atom. The molecule has 0 saturated carbocycles. The number of halogens is 4. The molecule has 0 heterocycles. The summed E-state index contributed by atoms with van der Waals surface area (Å²) >= 11 is 0. The minimum atomic E-state index is -1.69. The lowest BCUT2D eigenvalue weighted by atomic mass is 10.1. The molecule has 1 aromatic rings. The quantitative estimate of drug-likeness (QED) is 0.433. The second-order valence-electron chi connectivity index (χ2n) is 3.03. The first-order valence-corrected chi connectivity index (χ1v) is 3.90. The van der Waals surface area contributed by atoms with Gasteiger partial charge in [-0.15, -0.1) is 0 Å². The molecule has 0 saturated heterocycles. The van der Waals surface area contributed by atoms with Gasteiger partial charge >= 0.3 is 0 Å². The Morgan fingerprint density at radius 1 is 0.933 bits per heavy atom. The monoisotopic (exact) mass is 221 g/mol. The lowest BCUT2D eigenvalue weighted by Gasteiger charge is -2.16. The van der Waals surface area contributed by atoms with Crippen LogP contribution in [0.1, 0.15) is 10.4 Å². The second-order valence-corrected chi connectivity index (χ2v) is 3.03. The summed E-state index contributed by atoms with van der Waals surface area (Å²) in [4.78, 5) is 11.1. The van der Waals surface area contributed by atoms with Gasteiger partial charge in [0.2, 0.25) is 0 Å². The van der Waals surface area contributed by atoms with Crippen LogP contribution >= 0.6 is 0 Å². The molecule has 1 rings (SSSR count). The highest BCUT2D eigenvalue weighted by Crippen LogP contribution is 2.28. The van der Waals surface area contributed by atoms with Gasteiger partial charge in [0, 0.05) is 14.1 Å². The van der Waals surface area contributed by atoms with Gasteiger partial charge < -0.3 is 4.90 Å². The predicted molar refractivity (Wildman–Crippen MR) is 46.0 cm³/mol. The van der Waals surface area contributed by atoms with Gasteiger partial charge in [-0.25, -0.2) is 17.6 Å². The third-order valence-electron chi connectivity index (χ3n) is 1.84. The summed E-state index contributed by atoms with van der Waals surface area (Å²) in [7, 11) is 2.45. The molecule has 0 aliphatic carbocycles. The van der Waals surface area contributed by atoms with E-state index in [1.54, 1.807) is 0 Å². The van der Waals surface area contributed by atoms with Crippen LogP contribution in [0.2, 0.25) is 0 Å². The molecule has 0 fully saturated rings. The minimum Gasteiger partial charge on any atom is -0.373 e. The molecule has 0 bridgehead atoms. The van der Waals surface area contributed by atoms with Gasteiger partial charge in [-0.3, -0.25) is 4.79 Å². The summed E-state index contributed by atoms with van der Waals surface area (Å²) in [5.41, 5.74) is -2.09. The molecule has 82 valence electrons. The maximum Gasteiger partial charge on any atom is 0.186 e. The van der Waals surface area contributed by atoms with E-state index in [4.69, 9.17) is 0 Å². The standard InChI is InChI=1S/C9H7F4NO/c1-14(2)9-7(12)5(10)4(3-15)6(11)8(9)13/h3H,1-2H3. The molecule has 0 N–H and O–H groups in total. The van der Waals surface area contributed by atoms with E-state index in [-0.39, 0.29) is 6.29 Å². The van der Waals surface area contributed by atoms with E-state index < -0.39 is 34.5 Å². The summed E-state index contributed by atoms with van der Waals surface area (Å²) in [6.45, 7) is 0. The summed E-state index contributed by atoms with van der Waals surface area (Å²) in [5.74, 6) is -6.54. The summed E-state index contributed by atoms with van der Waals surface area (Å²) in [6.07, 6.45) is -0.268. The molecular weight excluding hydrogens is 214 g/mol. The molecule has 15 heavy (non-hydrogen) atoms. The smallest absolute Gasteiger partial charge is 0.186 e. The summed E-state index contributed by atoms with van der Waals surface area (Å²) in [5, 5.41) is 0. The first-order chi connectivity index (χ1) is 6.91. The molecule has 0 aliphatic heterocycles. The fourth-order valence-electron chi connectivity index (χ4n) is 1.13. The molecule has 6 heteroatoms. The van der Waals surface area contributed by atoms with Crippen LogP contribution in [0.5, 0.6) is 0 Å². The number of anilines is 1. The molecule has 0 atom stereocenters. The molecular formula is C9H7F4NO. The third-order valence-corrected chi connectivity index (χ3v) is 1.84. The Hall–Kier alpha value is -1.59. The van der Waals surface area contributed by atoms with E-state index >= 15 is 0 Å². The maximum atomic E-state index is 13.2. The first-order valence-electron chi connectivity index (χ1n) is 3.90. The van der Waals surface area contributed by atoms with Gasteiger partial charge in [-0.1, -0.05) is 0 Å². The van der Waals surface area contributed by atoms with Crippen LogP contribution in [-0.2, 0) is 0 Å². The number of nitrogens with zero attached hydrogens (tertiary/aromatic N) is 1. The highest BCUT2D eigenvalue weighted by Gasteiger charge is 2.25. The predicted octanol–water partition coefficient (Wildman–Crippen LogP) is 2.12. The van der Waals surface area contributed by atoms with Gasteiger partial charge in [0.15, 0.2) is 29.6 Å². The minimum absolute atomic E-state index is 0.268. The lowest BCUT2D eigenvalue weighted by molar-refractivity contribution is 0.111. The van der Waals surface area contributed by atoms with Crippen LogP contribution in [0.15, 0.2) is 0 Å². The number of benzene rings is 1. The third kappa shape index (κ3) is 1.67. The molecule has 1 aromatic carbocycles. The SMILES string of the molecule is CN(C)c1c(F)c(F)c(C=O)c(F)c1F. The van der Waals surface area contributed by atoms with Crippen LogP contribution in [0.25, 0.3) is 0 Å². The highest BCUT2D eigenvalue weighted by molar-refractivity contribution is 5.77. The van der Waals surface area contributed by atoms with Crippen LogP contribution in [0, 0.1) is 23.3 Å². The second kappa shape index (κ2) is 3.88. The van der Waals surface area contributed by atoms with Crippen LogP contribution in [0.3, 0.4) is 0 Å². The Morgan fingerprint density at radius 3 is 1.60 bits per heavy atom. The van der Waals surface area contributed by atoms with E-state index in [9.17, 15) is 22.4 Å². The molecule has 0 aromatic heterocycles. The van der Waals surface area contributed by atoms with Crippen molar-refractivity contribution in [1.29, 1.82) is 0 Å². The summed E-state index contributed by atoms with van der Waals surface area (Å²) in [6, 6.07) is 0. The average Bonchev–Trinajstić information content (AvgIpc) is 2.16. The van der Waals surface area contributed by atoms with E-state index in [0.29, 0.717) is 0 Å². The molecule has 0 radical (unpaired) electrons. The summed E-state index contributed by atoms with van der Waals surface area (Å²) < 4.78 is 52.4. The van der Waals surface area contributed by atoms with Crippen molar-refractivity contribution in [1.82, 2.24) is 0 Å². The average molecular weight is 221 g/mol. The zero-order chi connectivity index (χ0) is 11.7. The topological polar surface area (TPSA) is 20.3 Å². The van der Waals surface area contributed by atoms with Crippen molar-refractivity contribution in [2.45, 2.75) is 0 Å². The zero-order valence-corrected chi connectivity index (χ0v) is 7.94. The zero-order valence-electron chi connectivity index (χ0n) is 7.94. The fourth-order valence-corrected chi connectivity index (χ4v) is 1.13. The van der Waals surface area contributed by atoms with E-state index in [2.05, 4.69) is 0 Å². The Labute approximate surface area is 83.1 Å². The van der Waals surface area contributed by atoms with Crippen molar-refractivity contribution in [2.75, 3.05) is 19.0 Å². The van der Waals surface area contributed by atoms with Crippen molar-refractivity contribution in [3.8, 4) is 0 Å². The van der Waals surface area contributed by atoms with Crippen molar-refractivity contribution < 1.29 is 22.4 Å². The normalized spacial score (nSPS) is 10.3. The highest BCUT2D eigenvalue weighted by atomic mass is 19.2. The number of aldehydes is 1. The van der Waals surface area contributed by atoms with Gasteiger partial charge in [0.05, 0.1) is 5.56 Å². The van der Waals surface area contributed by atoms with Gasteiger partial charge in [0.25, 0.3) is 0 Å².